The van der Waals surface area contributed by atoms with Crippen LogP contribution in [-0.2, 0) is 0 Å². The van der Waals surface area contributed by atoms with E-state index in [9.17, 15) is 4.79 Å². The number of hydrogen-bond acceptors (Lipinski definition) is 5. The summed E-state index contributed by atoms with van der Waals surface area (Å²) in [5, 5.41) is 11.2. The Labute approximate surface area is 166 Å². The molecular weight excluding hydrogens is 358 g/mol. The lowest BCUT2D eigenvalue weighted by Crippen LogP contribution is -2.58. The molecule has 7 heteroatoms. The van der Waals surface area contributed by atoms with Crippen molar-refractivity contribution < 1.29 is 4.79 Å². The lowest BCUT2D eigenvalue weighted by molar-refractivity contribution is 0.0547. The fraction of sp³-hybridized carbons (Fsp3) is 0.800. The maximum atomic E-state index is 12.8. The Morgan fingerprint density at radius 1 is 1.26 bits per heavy atom. The number of amides is 1. The number of thioether (sulfide) groups is 1. The van der Waals surface area contributed by atoms with Gasteiger partial charge >= 0.3 is 0 Å². The lowest BCUT2D eigenvalue weighted by Gasteiger charge is -2.48. The third-order valence-corrected chi connectivity index (χ3v) is 7.47. The number of hydrogen-bond donors (Lipinski definition) is 2. The summed E-state index contributed by atoms with van der Waals surface area (Å²) in [5.74, 6) is 2.42. The van der Waals surface area contributed by atoms with Gasteiger partial charge in [0.15, 0.2) is 0 Å². The van der Waals surface area contributed by atoms with E-state index in [1.165, 1.54) is 50.0 Å². The van der Waals surface area contributed by atoms with E-state index in [0.717, 1.165) is 39.1 Å². The molecule has 2 saturated heterocycles. The topological polar surface area (TPSA) is 62.2 Å². The highest BCUT2D eigenvalue weighted by Gasteiger charge is 2.38. The fourth-order valence-corrected chi connectivity index (χ4v) is 5.81. The molecule has 4 rings (SSSR count). The standard InChI is InChI=1S/C20H33N5OS/c26-19(18-6-10-25(23-18)17-5-4-9-21-15-17)22-16-20(7-2-1-3-8-20)24-11-13-27-14-12-24/h6,10,17,21H,1-5,7-9,11-16H2,(H,22,26). The van der Waals surface area contributed by atoms with E-state index in [1.807, 2.05) is 16.9 Å². The summed E-state index contributed by atoms with van der Waals surface area (Å²) in [4.78, 5) is 15.4. The summed E-state index contributed by atoms with van der Waals surface area (Å²) in [6.07, 6.45) is 10.6. The summed E-state index contributed by atoms with van der Waals surface area (Å²) in [6, 6.07) is 2.24. The molecular formula is C20H33N5OS. The predicted molar refractivity (Wildman–Crippen MR) is 110 cm³/mol. The summed E-state index contributed by atoms with van der Waals surface area (Å²) in [7, 11) is 0. The first kappa shape index (κ1) is 19.3. The summed E-state index contributed by atoms with van der Waals surface area (Å²) in [6.45, 7) is 5.10. The molecule has 3 fully saturated rings. The number of piperidine rings is 1. The summed E-state index contributed by atoms with van der Waals surface area (Å²) < 4.78 is 1.97. The Hall–Kier alpha value is -1.05. The Balaban J connectivity index is 1.38. The van der Waals surface area contributed by atoms with Crippen LogP contribution in [0.15, 0.2) is 12.3 Å². The average Bonchev–Trinajstić information content (AvgIpc) is 3.24. The van der Waals surface area contributed by atoms with Crippen LogP contribution in [0.5, 0.6) is 0 Å². The molecule has 1 saturated carbocycles. The third kappa shape index (κ3) is 4.51. The maximum Gasteiger partial charge on any atom is 0.271 e. The SMILES string of the molecule is O=C(NCC1(N2CCSCC2)CCCCC1)c1ccn(C2CCCNC2)n1. The average molecular weight is 392 g/mol. The molecule has 150 valence electrons. The van der Waals surface area contributed by atoms with Gasteiger partial charge in [0.1, 0.15) is 5.69 Å². The zero-order chi connectivity index (χ0) is 18.5. The summed E-state index contributed by atoms with van der Waals surface area (Å²) >= 11 is 2.05. The van der Waals surface area contributed by atoms with Crippen molar-refractivity contribution in [1.82, 2.24) is 25.3 Å². The van der Waals surface area contributed by atoms with Crippen molar-refractivity contribution in [3.05, 3.63) is 18.0 Å². The Morgan fingerprint density at radius 2 is 2.07 bits per heavy atom. The van der Waals surface area contributed by atoms with Crippen LogP contribution in [0.1, 0.15) is 61.5 Å². The maximum absolute atomic E-state index is 12.8. The molecule has 1 amide bonds. The zero-order valence-corrected chi connectivity index (χ0v) is 17.1. The van der Waals surface area contributed by atoms with Gasteiger partial charge in [0, 0.05) is 49.4 Å². The normalized spacial score (nSPS) is 26.6. The van der Waals surface area contributed by atoms with Crippen LogP contribution in [0.4, 0.5) is 0 Å². The first-order valence-corrected chi connectivity index (χ1v) is 11.8. The minimum atomic E-state index is -0.0196. The molecule has 0 radical (unpaired) electrons. The van der Waals surface area contributed by atoms with Crippen LogP contribution in [0.2, 0.25) is 0 Å². The molecule has 0 spiro atoms. The second-order valence-electron chi connectivity index (χ2n) is 8.25. The second kappa shape index (κ2) is 8.97. The first-order chi connectivity index (χ1) is 13.3. The van der Waals surface area contributed by atoms with E-state index >= 15 is 0 Å². The van der Waals surface area contributed by atoms with Gasteiger partial charge in [0.2, 0.25) is 0 Å². The van der Waals surface area contributed by atoms with Crippen molar-refractivity contribution in [2.24, 2.45) is 0 Å². The van der Waals surface area contributed by atoms with Crippen molar-refractivity contribution >= 4 is 17.7 Å². The van der Waals surface area contributed by atoms with E-state index in [-0.39, 0.29) is 11.4 Å². The van der Waals surface area contributed by atoms with E-state index in [0.29, 0.717) is 11.7 Å². The molecule has 2 N–H and O–H groups in total. The smallest absolute Gasteiger partial charge is 0.271 e. The number of nitrogens with one attached hydrogen (secondary N) is 2. The largest absolute Gasteiger partial charge is 0.349 e. The first-order valence-electron chi connectivity index (χ1n) is 10.6. The molecule has 6 nitrogen and oxygen atoms in total. The van der Waals surface area contributed by atoms with E-state index in [4.69, 9.17) is 0 Å². The van der Waals surface area contributed by atoms with Gasteiger partial charge in [-0.3, -0.25) is 14.4 Å². The number of carbonyl (C=O) groups excluding carboxylic acids is 1. The molecule has 1 unspecified atom stereocenters. The molecule has 1 atom stereocenters. The van der Waals surface area contributed by atoms with Gasteiger partial charge in [-0.25, -0.2) is 0 Å². The minimum Gasteiger partial charge on any atom is -0.349 e. The molecule has 3 heterocycles. The summed E-state index contributed by atoms with van der Waals surface area (Å²) in [5.41, 5.74) is 0.714. The highest BCUT2D eigenvalue weighted by Crippen LogP contribution is 2.34. The molecule has 1 aromatic heterocycles. The molecule has 27 heavy (non-hydrogen) atoms. The van der Waals surface area contributed by atoms with Crippen LogP contribution < -0.4 is 10.6 Å². The van der Waals surface area contributed by atoms with Crippen LogP contribution in [0.3, 0.4) is 0 Å². The van der Waals surface area contributed by atoms with Gasteiger partial charge < -0.3 is 10.6 Å². The van der Waals surface area contributed by atoms with E-state index in [1.54, 1.807) is 0 Å². The highest BCUT2D eigenvalue weighted by molar-refractivity contribution is 7.99. The predicted octanol–water partition coefficient (Wildman–Crippen LogP) is 2.29. The molecule has 0 bridgehead atoms. The van der Waals surface area contributed by atoms with Crippen LogP contribution in [0, 0.1) is 0 Å². The molecule has 0 aromatic carbocycles. The highest BCUT2D eigenvalue weighted by atomic mass is 32.2. The number of rotatable bonds is 5. The Kier molecular flexibility index (Phi) is 6.40. The lowest BCUT2D eigenvalue weighted by atomic mass is 9.80. The number of aromatic nitrogens is 2. The van der Waals surface area contributed by atoms with Crippen molar-refractivity contribution in [2.45, 2.75) is 56.5 Å². The van der Waals surface area contributed by atoms with E-state index in [2.05, 4.69) is 32.4 Å². The minimum absolute atomic E-state index is 0.0196. The Bertz CT molecular complexity index is 616. The van der Waals surface area contributed by atoms with Gasteiger partial charge in [-0.2, -0.15) is 16.9 Å². The third-order valence-electron chi connectivity index (χ3n) is 6.53. The van der Waals surface area contributed by atoms with E-state index < -0.39 is 0 Å². The van der Waals surface area contributed by atoms with Crippen LogP contribution in [-0.4, -0.2) is 70.4 Å². The number of nitrogens with zero attached hydrogens (tertiary/aromatic N) is 3. The van der Waals surface area contributed by atoms with Gasteiger partial charge in [0.05, 0.1) is 6.04 Å². The van der Waals surface area contributed by atoms with Crippen LogP contribution in [0.25, 0.3) is 0 Å². The molecule has 1 aromatic rings. The molecule has 1 aliphatic carbocycles. The van der Waals surface area contributed by atoms with Gasteiger partial charge in [0.25, 0.3) is 5.91 Å². The van der Waals surface area contributed by atoms with Crippen LogP contribution >= 0.6 is 11.8 Å². The molecule has 3 aliphatic rings. The number of carbonyl (C=O) groups is 1. The quantitative estimate of drug-likeness (QED) is 0.806. The molecule has 2 aliphatic heterocycles. The Morgan fingerprint density at radius 3 is 2.81 bits per heavy atom. The van der Waals surface area contributed by atoms with Gasteiger partial charge in [-0.05, 0) is 38.3 Å². The monoisotopic (exact) mass is 391 g/mol. The van der Waals surface area contributed by atoms with Gasteiger partial charge in [-0.1, -0.05) is 19.3 Å². The van der Waals surface area contributed by atoms with Gasteiger partial charge in [-0.15, -0.1) is 0 Å². The van der Waals surface area contributed by atoms with Crippen molar-refractivity contribution in [2.75, 3.05) is 44.2 Å². The van der Waals surface area contributed by atoms with Crippen molar-refractivity contribution in [1.29, 1.82) is 0 Å². The van der Waals surface area contributed by atoms with Crippen molar-refractivity contribution in [3.8, 4) is 0 Å². The fourth-order valence-electron chi connectivity index (χ4n) is 4.91. The second-order valence-corrected chi connectivity index (χ2v) is 9.47. The van der Waals surface area contributed by atoms with Crippen molar-refractivity contribution in [3.63, 3.8) is 0 Å². The zero-order valence-electron chi connectivity index (χ0n) is 16.3.